The Bertz CT molecular complexity index is 593. The van der Waals surface area contributed by atoms with Crippen molar-refractivity contribution in [2.45, 2.75) is 24.8 Å². The van der Waals surface area contributed by atoms with E-state index in [1.165, 1.54) is 11.1 Å². The molecule has 0 bridgehead atoms. The third-order valence-electron chi connectivity index (χ3n) is 4.52. The highest BCUT2D eigenvalue weighted by molar-refractivity contribution is 6.30. The van der Waals surface area contributed by atoms with Gasteiger partial charge in [0.25, 0.3) is 0 Å². The summed E-state index contributed by atoms with van der Waals surface area (Å²) in [7, 11) is 0. The van der Waals surface area contributed by atoms with Crippen LogP contribution in [-0.4, -0.2) is 19.8 Å². The van der Waals surface area contributed by atoms with Crippen LogP contribution in [0.5, 0.6) is 0 Å². The predicted octanol–water partition coefficient (Wildman–Crippen LogP) is 4.18. The number of halogens is 1. The van der Waals surface area contributed by atoms with Crippen molar-refractivity contribution in [2.75, 3.05) is 19.8 Å². The van der Waals surface area contributed by atoms with Crippen molar-refractivity contribution in [2.24, 2.45) is 0 Å². The molecule has 116 valence electrons. The summed E-state index contributed by atoms with van der Waals surface area (Å²) in [6.07, 6.45) is 2.14. The van der Waals surface area contributed by atoms with E-state index in [-0.39, 0.29) is 5.41 Å². The van der Waals surface area contributed by atoms with Crippen LogP contribution in [0.25, 0.3) is 0 Å². The monoisotopic (exact) mass is 315 g/mol. The molecule has 2 aromatic rings. The Balaban J connectivity index is 1.68. The van der Waals surface area contributed by atoms with Crippen molar-refractivity contribution in [3.05, 3.63) is 70.7 Å². The molecule has 1 N–H and O–H groups in total. The lowest BCUT2D eigenvalue weighted by atomic mass is 9.74. The van der Waals surface area contributed by atoms with Crippen LogP contribution in [0.15, 0.2) is 54.6 Å². The first-order valence-corrected chi connectivity index (χ1v) is 8.25. The molecule has 0 unspecified atom stereocenters. The summed E-state index contributed by atoms with van der Waals surface area (Å²) < 4.78 is 5.58. The Kier molecular flexibility index (Phi) is 5.14. The second kappa shape index (κ2) is 7.28. The molecule has 0 aliphatic carbocycles. The number of nitrogens with one attached hydrogen (secondary N) is 1. The summed E-state index contributed by atoms with van der Waals surface area (Å²) in [6, 6.07) is 18.9. The average molecular weight is 316 g/mol. The number of benzene rings is 2. The highest BCUT2D eigenvalue weighted by atomic mass is 35.5. The van der Waals surface area contributed by atoms with Crippen molar-refractivity contribution >= 4 is 11.6 Å². The van der Waals surface area contributed by atoms with Crippen LogP contribution in [0.1, 0.15) is 24.0 Å². The molecular formula is C19H22ClNO. The molecule has 0 saturated carbocycles. The molecule has 1 aliphatic heterocycles. The van der Waals surface area contributed by atoms with Gasteiger partial charge in [-0.25, -0.2) is 0 Å². The molecule has 0 radical (unpaired) electrons. The largest absolute Gasteiger partial charge is 0.381 e. The van der Waals surface area contributed by atoms with Gasteiger partial charge in [-0.1, -0.05) is 54.1 Å². The van der Waals surface area contributed by atoms with Crippen molar-refractivity contribution in [3.8, 4) is 0 Å². The Labute approximate surface area is 137 Å². The molecule has 1 heterocycles. The molecule has 1 fully saturated rings. The van der Waals surface area contributed by atoms with Gasteiger partial charge in [-0.3, -0.25) is 0 Å². The van der Waals surface area contributed by atoms with E-state index in [0.29, 0.717) is 0 Å². The maximum absolute atomic E-state index is 6.05. The molecule has 22 heavy (non-hydrogen) atoms. The van der Waals surface area contributed by atoms with E-state index in [0.717, 1.165) is 44.2 Å². The minimum absolute atomic E-state index is 0.179. The molecule has 0 spiro atoms. The van der Waals surface area contributed by atoms with Crippen LogP contribution < -0.4 is 5.32 Å². The fraction of sp³-hybridized carbons (Fsp3) is 0.368. The minimum Gasteiger partial charge on any atom is -0.381 e. The summed E-state index contributed by atoms with van der Waals surface area (Å²) in [6.45, 7) is 3.49. The first kappa shape index (κ1) is 15.5. The highest BCUT2D eigenvalue weighted by Gasteiger charge is 2.33. The van der Waals surface area contributed by atoms with E-state index in [9.17, 15) is 0 Å². The lowest BCUT2D eigenvalue weighted by molar-refractivity contribution is 0.0498. The highest BCUT2D eigenvalue weighted by Crippen LogP contribution is 2.34. The molecule has 1 saturated heterocycles. The molecular weight excluding hydrogens is 294 g/mol. The summed E-state index contributed by atoms with van der Waals surface area (Å²) >= 11 is 6.05. The fourth-order valence-corrected chi connectivity index (χ4v) is 3.43. The minimum atomic E-state index is 0.179. The zero-order chi connectivity index (χ0) is 15.3. The van der Waals surface area contributed by atoms with Gasteiger partial charge in [-0.2, -0.15) is 0 Å². The Morgan fingerprint density at radius 2 is 1.77 bits per heavy atom. The lowest BCUT2D eigenvalue weighted by Gasteiger charge is -2.38. The zero-order valence-corrected chi connectivity index (χ0v) is 13.5. The number of rotatable bonds is 5. The normalized spacial score (nSPS) is 17.3. The van der Waals surface area contributed by atoms with E-state index in [1.54, 1.807) is 0 Å². The van der Waals surface area contributed by atoms with Gasteiger partial charge in [0.2, 0.25) is 0 Å². The second-order valence-electron chi connectivity index (χ2n) is 5.99. The first-order valence-electron chi connectivity index (χ1n) is 7.87. The zero-order valence-electron chi connectivity index (χ0n) is 12.7. The van der Waals surface area contributed by atoms with Crippen LogP contribution in [-0.2, 0) is 16.7 Å². The van der Waals surface area contributed by atoms with Gasteiger partial charge in [0.15, 0.2) is 0 Å². The quantitative estimate of drug-likeness (QED) is 0.893. The second-order valence-corrected chi connectivity index (χ2v) is 6.43. The van der Waals surface area contributed by atoms with Gasteiger partial charge in [0, 0.05) is 36.7 Å². The third kappa shape index (κ3) is 3.70. The van der Waals surface area contributed by atoms with E-state index in [4.69, 9.17) is 16.3 Å². The molecule has 0 atom stereocenters. The molecule has 0 aromatic heterocycles. The summed E-state index contributed by atoms with van der Waals surface area (Å²) in [4.78, 5) is 0. The molecule has 2 aromatic carbocycles. The first-order chi connectivity index (χ1) is 10.8. The van der Waals surface area contributed by atoms with Gasteiger partial charge in [0.1, 0.15) is 0 Å². The van der Waals surface area contributed by atoms with Gasteiger partial charge in [-0.15, -0.1) is 0 Å². The van der Waals surface area contributed by atoms with Crippen molar-refractivity contribution in [1.82, 2.24) is 5.32 Å². The van der Waals surface area contributed by atoms with Crippen LogP contribution in [0.3, 0.4) is 0 Å². The van der Waals surface area contributed by atoms with Crippen LogP contribution >= 0.6 is 11.6 Å². The molecule has 3 rings (SSSR count). The number of ether oxygens (including phenoxy) is 1. The summed E-state index contributed by atoms with van der Waals surface area (Å²) in [5.74, 6) is 0. The van der Waals surface area contributed by atoms with Gasteiger partial charge < -0.3 is 10.1 Å². The Hall–Kier alpha value is -1.35. The maximum Gasteiger partial charge on any atom is 0.0475 e. The van der Waals surface area contributed by atoms with Crippen molar-refractivity contribution in [1.29, 1.82) is 0 Å². The fourth-order valence-electron chi connectivity index (χ4n) is 3.21. The molecule has 0 amide bonds. The van der Waals surface area contributed by atoms with E-state index < -0.39 is 0 Å². The van der Waals surface area contributed by atoms with E-state index in [2.05, 4.69) is 41.7 Å². The topological polar surface area (TPSA) is 21.3 Å². The molecule has 1 aliphatic rings. The van der Waals surface area contributed by atoms with Crippen LogP contribution in [0, 0.1) is 0 Å². The SMILES string of the molecule is Clc1cccc(CNCC2(c3ccccc3)CCOCC2)c1. The third-order valence-corrected chi connectivity index (χ3v) is 4.75. The smallest absolute Gasteiger partial charge is 0.0475 e. The lowest BCUT2D eigenvalue weighted by Crippen LogP contribution is -2.42. The summed E-state index contributed by atoms with van der Waals surface area (Å²) in [5.41, 5.74) is 2.82. The Morgan fingerprint density at radius 3 is 2.50 bits per heavy atom. The maximum atomic E-state index is 6.05. The van der Waals surface area contributed by atoms with Gasteiger partial charge >= 0.3 is 0 Å². The average Bonchev–Trinajstić information content (AvgIpc) is 2.57. The van der Waals surface area contributed by atoms with Crippen molar-refractivity contribution in [3.63, 3.8) is 0 Å². The van der Waals surface area contributed by atoms with Crippen LogP contribution in [0.2, 0.25) is 5.02 Å². The van der Waals surface area contributed by atoms with Crippen LogP contribution in [0.4, 0.5) is 0 Å². The van der Waals surface area contributed by atoms with Crippen molar-refractivity contribution < 1.29 is 4.74 Å². The van der Waals surface area contributed by atoms with Gasteiger partial charge in [0.05, 0.1) is 0 Å². The van der Waals surface area contributed by atoms with E-state index >= 15 is 0 Å². The van der Waals surface area contributed by atoms with E-state index in [1.807, 2.05) is 18.2 Å². The van der Waals surface area contributed by atoms with Gasteiger partial charge in [-0.05, 0) is 36.1 Å². The Morgan fingerprint density at radius 1 is 1.00 bits per heavy atom. The molecule has 3 heteroatoms. The number of hydrogen-bond acceptors (Lipinski definition) is 2. The number of hydrogen-bond donors (Lipinski definition) is 1. The standard InChI is InChI=1S/C19H22ClNO/c20-18-8-4-5-16(13-18)14-21-15-19(9-11-22-12-10-19)17-6-2-1-3-7-17/h1-8,13,21H,9-12,14-15H2. The molecule has 2 nitrogen and oxygen atoms in total. The predicted molar refractivity (Wildman–Crippen MR) is 91.3 cm³/mol. The summed E-state index contributed by atoms with van der Waals surface area (Å²) in [5, 5.41) is 4.42.